The van der Waals surface area contributed by atoms with Gasteiger partial charge in [0.2, 0.25) is 0 Å². The van der Waals surface area contributed by atoms with Gasteiger partial charge in [0, 0.05) is 38.4 Å². The second-order valence-corrected chi connectivity index (χ2v) is 12.8. The molecule has 51 heavy (non-hydrogen) atoms. The SMILES string of the molecule is c1ccc(-c2ccc(-c3cc(-c4ccc(-c5nc6cc7ccccc7cc6c6c5oc5ccccc56)cc4)nc(-c4ccccc4)n3)cc2)cc1. The van der Waals surface area contributed by atoms with Crippen LogP contribution in [0.5, 0.6) is 0 Å². The van der Waals surface area contributed by atoms with Gasteiger partial charge in [0.15, 0.2) is 11.4 Å². The Morgan fingerprint density at radius 1 is 0.373 bits per heavy atom. The summed E-state index contributed by atoms with van der Waals surface area (Å²) in [6.45, 7) is 0. The molecular weight excluding hydrogens is 623 g/mol. The standard InChI is InChI=1S/C47H29N3O/c1-3-11-30(12-4-1)31-19-21-32(22-20-31)40-29-41(50-47(49-40)35-13-5-2-6-14-35)33-23-25-34(26-24-33)45-46-44(38-17-9-10-18-43(38)51-46)39-27-36-15-7-8-16-37(36)28-42(39)48-45/h1-29H. The van der Waals surface area contributed by atoms with Crippen LogP contribution in [0.4, 0.5) is 0 Å². The Balaban J connectivity index is 1.10. The van der Waals surface area contributed by atoms with Crippen molar-refractivity contribution in [3.63, 3.8) is 0 Å². The molecule has 0 fully saturated rings. The molecule has 0 radical (unpaired) electrons. The van der Waals surface area contributed by atoms with E-state index in [4.69, 9.17) is 19.4 Å². The average Bonchev–Trinajstić information content (AvgIpc) is 3.61. The first-order chi connectivity index (χ1) is 25.2. The van der Waals surface area contributed by atoms with Gasteiger partial charge in [-0.15, -0.1) is 0 Å². The molecule has 0 amide bonds. The molecule has 0 N–H and O–H groups in total. The summed E-state index contributed by atoms with van der Waals surface area (Å²) in [5.41, 5.74) is 11.5. The molecule has 0 saturated heterocycles. The van der Waals surface area contributed by atoms with Crippen molar-refractivity contribution in [2.24, 2.45) is 0 Å². The molecule has 0 saturated carbocycles. The predicted molar refractivity (Wildman–Crippen MR) is 209 cm³/mol. The maximum Gasteiger partial charge on any atom is 0.162 e. The molecule has 0 aliphatic carbocycles. The summed E-state index contributed by atoms with van der Waals surface area (Å²) in [6, 6.07) is 60.8. The third-order valence-electron chi connectivity index (χ3n) is 9.68. The number of fused-ring (bicyclic) bond motifs is 6. The minimum absolute atomic E-state index is 0.687. The fourth-order valence-electron chi connectivity index (χ4n) is 7.09. The highest BCUT2D eigenvalue weighted by molar-refractivity contribution is 6.22. The number of para-hydroxylation sites is 1. The number of furan rings is 1. The minimum atomic E-state index is 0.687. The van der Waals surface area contributed by atoms with Gasteiger partial charge in [0.25, 0.3) is 0 Å². The highest BCUT2D eigenvalue weighted by atomic mass is 16.3. The van der Waals surface area contributed by atoms with Gasteiger partial charge in [-0.3, -0.25) is 0 Å². The van der Waals surface area contributed by atoms with E-state index in [0.717, 1.165) is 77.6 Å². The van der Waals surface area contributed by atoms with Crippen LogP contribution in [0.3, 0.4) is 0 Å². The number of hydrogen-bond donors (Lipinski definition) is 0. The van der Waals surface area contributed by atoms with E-state index in [2.05, 4.69) is 140 Å². The Hall–Kier alpha value is -6.91. The zero-order valence-corrected chi connectivity index (χ0v) is 27.5. The van der Waals surface area contributed by atoms with Crippen molar-refractivity contribution in [2.45, 2.75) is 0 Å². The predicted octanol–water partition coefficient (Wildman–Crippen LogP) is 12.4. The van der Waals surface area contributed by atoms with Gasteiger partial charge in [-0.25, -0.2) is 15.0 Å². The van der Waals surface area contributed by atoms with E-state index < -0.39 is 0 Å². The molecule has 0 aliphatic rings. The molecule has 0 aliphatic heterocycles. The van der Waals surface area contributed by atoms with Crippen molar-refractivity contribution < 1.29 is 4.42 Å². The van der Waals surface area contributed by atoms with Gasteiger partial charge in [-0.1, -0.05) is 152 Å². The fraction of sp³-hybridized carbons (Fsp3) is 0. The Kier molecular flexibility index (Phi) is 6.78. The third kappa shape index (κ3) is 5.13. The summed E-state index contributed by atoms with van der Waals surface area (Å²) < 4.78 is 6.56. The van der Waals surface area contributed by atoms with Crippen molar-refractivity contribution in [1.82, 2.24) is 15.0 Å². The molecule has 0 atom stereocenters. The van der Waals surface area contributed by atoms with Crippen LogP contribution in [0.25, 0.3) is 99.9 Å². The number of aromatic nitrogens is 3. The van der Waals surface area contributed by atoms with E-state index in [1.165, 1.54) is 16.5 Å². The molecule has 10 rings (SSSR count). The van der Waals surface area contributed by atoms with E-state index in [-0.39, 0.29) is 0 Å². The summed E-state index contributed by atoms with van der Waals surface area (Å²) in [5, 5.41) is 5.61. The lowest BCUT2D eigenvalue weighted by Gasteiger charge is -2.11. The van der Waals surface area contributed by atoms with E-state index in [9.17, 15) is 0 Å². The highest BCUT2D eigenvalue weighted by Gasteiger charge is 2.19. The fourth-order valence-corrected chi connectivity index (χ4v) is 7.09. The molecule has 4 heteroatoms. The molecule has 0 spiro atoms. The number of nitrogens with zero attached hydrogens (tertiary/aromatic N) is 3. The van der Waals surface area contributed by atoms with Gasteiger partial charge in [0.1, 0.15) is 11.3 Å². The average molecular weight is 652 g/mol. The lowest BCUT2D eigenvalue weighted by Crippen LogP contribution is -1.96. The summed E-state index contributed by atoms with van der Waals surface area (Å²) in [5.74, 6) is 0.687. The second kappa shape index (κ2) is 11.9. The van der Waals surface area contributed by atoms with Crippen molar-refractivity contribution >= 4 is 43.6 Å². The van der Waals surface area contributed by atoms with E-state index >= 15 is 0 Å². The summed E-state index contributed by atoms with van der Waals surface area (Å²) in [6.07, 6.45) is 0. The number of benzene rings is 7. The zero-order valence-electron chi connectivity index (χ0n) is 27.5. The number of hydrogen-bond acceptors (Lipinski definition) is 4. The molecule has 238 valence electrons. The molecule has 0 unspecified atom stereocenters. The Morgan fingerprint density at radius 2 is 0.902 bits per heavy atom. The second-order valence-electron chi connectivity index (χ2n) is 12.8. The smallest absolute Gasteiger partial charge is 0.162 e. The van der Waals surface area contributed by atoms with Crippen LogP contribution in [-0.4, -0.2) is 15.0 Å². The van der Waals surface area contributed by atoms with Crippen LogP contribution in [0.1, 0.15) is 0 Å². The van der Waals surface area contributed by atoms with Gasteiger partial charge < -0.3 is 4.42 Å². The van der Waals surface area contributed by atoms with E-state index in [1.54, 1.807) is 0 Å². The monoisotopic (exact) mass is 651 g/mol. The molecule has 3 aromatic heterocycles. The van der Waals surface area contributed by atoms with E-state index in [1.807, 2.05) is 36.4 Å². The van der Waals surface area contributed by atoms with Crippen molar-refractivity contribution in [1.29, 1.82) is 0 Å². The quantitative estimate of drug-likeness (QED) is 0.174. The topological polar surface area (TPSA) is 51.8 Å². The molecule has 7 aromatic carbocycles. The largest absolute Gasteiger partial charge is 0.454 e. The first kappa shape index (κ1) is 29.0. The first-order valence-corrected chi connectivity index (χ1v) is 17.1. The Bertz CT molecular complexity index is 2880. The van der Waals surface area contributed by atoms with Gasteiger partial charge in [0.05, 0.1) is 16.9 Å². The van der Waals surface area contributed by atoms with Crippen LogP contribution in [0.2, 0.25) is 0 Å². The molecule has 0 bridgehead atoms. The lowest BCUT2D eigenvalue weighted by molar-refractivity contribution is 0.669. The van der Waals surface area contributed by atoms with Crippen LogP contribution in [-0.2, 0) is 0 Å². The van der Waals surface area contributed by atoms with E-state index in [0.29, 0.717) is 5.82 Å². The lowest BCUT2D eigenvalue weighted by atomic mass is 9.99. The molecule has 3 heterocycles. The van der Waals surface area contributed by atoms with Crippen molar-refractivity contribution in [3.8, 4) is 56.3 Å². The van der Waals surface area contributed by atoms with Crippen LogP contribution in [0.15, 0.2) is 180 Å². The molecule has 4 nitrogen and oxygen atoms in total. The number of rotatable bonds is 5. The summed E-state index contributed by atoms with van der Waals surface area (Å²) >= 11 is 0. The van der Waals surface area contributed by atoms with Crippen molar-refractivity contribution in [3.05, 3.63) is 176 Å². The van der Waals surface area contributed by atoms with Gasteiger partial charge >= 0.3 is 0 Å². The van der Waals surface area contributed by atoms with Crippen LogP contribution >= 0.6 is 0 Å². The Morgan fingerprint density at radius 3 is 1.59 bits per heavy atom. The van der Waals surface area contributed by atoms with Gasteiger partial charge in [-0.2, -0.15) is 0 Å². The van der Waals surface area contributed by atoms with Crippen molar-refractivity contribution in [2.75, 3.05) is 0 Å². The summed E-state index contributed by atoms with van der Waals surface area (Å²) in [4.78, 5) is 15.3. The Labute approximate surface area is 294 Å². The normalized spacial score (nSPS) is 11.5. The highest BCUT2D eigenvalue weighted by Crippen LogP contribution is 2.41. The molecule has 10 aromatic rings. The van der Waals surface area contributed by atoms with Crippen LogP contribution < -0.4 is 0 Å². The maximum absolute atomic E-state index is 6.56. The van der Waals surface area contributed by atoms with Crippen LogP contribution in [0, 0.1) is 0 Å². The molecular formula is C47H29N3O. The first-order valence-electron chi connectivity index (χ1n) is 17.1. The number of pyridine rings is 1. The third-order valence-corrected chi connectivity index (χ3v) is 9.68. The van der Waals surface area contributed by atoms with Gasteiger partial charge in [-0.05, 0) is 46.2 Å². The maximum atomic E-state index is 6.56. The summed E-state index contributed by atoms with van der Waals surface area (Å²) in [7, 11) is 0. The zero-order chi connectivity index (χ0) is 33.7. The minimum Gasteiger partial charge on any atom is -0.454 e.